The van der Waals surface area contributed by atoms with Crippen molar-refractivity contribution in [3.8, 4) is 0 Å². The van der Waals surface area contributed by atoms with Gasteiger partial charge in [-0.05, 0) is 18.2 Å². The summed E-state index contributed by atoms with van der Waals surface area (Å²) in [5.74, 6) is -2.03. The third-order valence-corrected chi connectivity index (χ3v) is 3.54. The number of nitrogens with zero attached hydrogens (tertiary/aromatic N) is 2. The number of carbonyl (C=O) groups is 3. The van der Waals surface area contributed by atoms with E-state index in [1.165, 1.54) is 31.4 Å². The van der Waals surface area contributed by atoms with Crippen LogP contribution in [0.2, 0.25) is 0 Å². The second-order valence-electron chi connectivity index (χ2n) is 4.91. The maximum absolute atomic E-state index is 12.4. The zero-order chi connectivity index (χ0) is 17.4. The molecule has 0 N–H and O–H groups in total. The molecule has 1 aromatic carbocycles. The number of nitro benzene ring substituents is 1. The molecule has 2 aromatic rings. The first-order valence-corrected chi connectivity index (χ1v) is 6.74. The third kappa shape index (κ3) is 2.32. The van der Waals surface area contributed by atoms with Crippen molar-refractivity contribution in [3.05, 3.63) is 63.1 Å². The van der Waals surface area contributed by atoms with Crippen LogP contribution in [-0.4, -0.2) is 34.7 Å². The number of furan rings is 1. The molecule has 0 aliphatic carbocycles. The van der Waals surface area contributed by atoms with Crippen LogP contribution in [0.4, 0.5) is 5.69 Å². The summed E-state index contributed by atoms with van der Waals surface area (Å²) in [7, 11) is 1.19. The van der Waals surface area contributed by atoms with Crippen molar-refractivity contribution >= 4 is 23.5 Å². The monoisotopic (exact) mass is 330 g/mol. The molecular formula is C15H10N2O7. The number of esters is 1. The van der Waals surface area contributed by atoms with E-state index in [0.29, 0.717) is 0 Å². The number of carbonyl (C=O) groups excluding carboxylic acids is 3. The Morgan fingerprint density at radius 3 is 2.67 bits per heavy atom. The average molecular weight is 330 g/mol. The van der Waals surface area contributed by atoms with Gasteiger partial charge in [0.2, 0.25) is 5.76 Å². The lowest BCUT2D eigenvalue weighted by atomic mass is 10.1. The highest BCUT2D eigenvalue weighted by Gasteiger charge is 2.41. The summed E-state index contributed by atoms with van der Waals surface area (Å²) in [5.41, 5.74) is -0.704. The van der Waals surface area contributed by atoms with Gasteiger partial charge in [0.1, 0.15) is 11.3 Å². The maximum atomic E-state index is 12.4. The SMILES string of the molecule is COC(=O)c1ccc(CN2C(=O)c3cccc([N+](=O)[O-])c3C2=O)o1. The second kappa shape index (κ2) is 5.61. The summed E-state index contributed by atoms with van der Waals surface area (Å²) < 4.78 is 9.72. The van der Waals surface area contributed by atoms with Crippen LogP contribution >= 0.6 is 0 Å². The Labute approximate surface area is 134 Å². The molecule has 1 aliphatic heterocycles. The first kappa shape index (κ1) is 15.4. The Kier molecular flexibility index (Phi) is 3.60. The third-order valence-electron chi connectivity index (χ3n) is 3.54. The van der Waals surface area contributed by atoms with Crippen LogP contribution in [0.25, 0.3) is 0 Å². The normalized spacial score (nSPS) is 13.1. The summed E-state index contributed by atoms with van der Waals surface area (Å²) in [6.07, 6.45) is 0. The van der Waals surface area contributed by atoms with Crippen molar-refractivity contribution in [3.63, 3.8) is 0 Å². The average Bonchev–Trinajstić information content (AvgIpc) is 3.13. The lowest BCUT2D eigenvalue weighted by Crippen LogP contribution is -2.29. The van der Waals surface area contributed by atoms with Crippen molar-refractivity contribution in [2.45, 2.75) is 6.54 Å². The predicted octanol–water partition coefficient (Wildman–Crippen LogP) is 1.77. The van der Waals surface area contributed by atoms with E-state index in [0.717, 1.165) is 11.0 Å². The van der Waals surface area contributed by atoms with Crippen LogP contribution in [0, 0.1) is 10.1 Å². The number of imide groups is 1. The summed E-state index contributed by atoms with van der Waals surface area (Å²) in [6, 6.07) is 6.63. The van der Waals surface area contributed by atoms with Crippen LogP contribution in [0.15, 0.2) is 34.7 Å². The molecule has 24 heavy (non-hydrogen) atoms. The van der Waals surface area contributed by atoms with Gasteiger partial charge in [-0.25, -0.2) is 4.79 Å². The van der Waals surface area contributed by atoms with Gasteiger partial charge in [-0.1, -0.05) is 6.07 Å². The van der Waals surface area contributed by atoms with E-state index in [-0.39, 0.29) is 29.2 Å². The van der Waals surface area contributed by atoms with Gasteiger partial charge < -0.3 is 9.15 Å². The van der Waals surface area contributed by atoms with Gasteiger partial charge in [0, 0.05) is 6.07 Å². The standard InChI is InChI=1S/C15H10N2O7/c1-23-15(20)11-6-5-8(24-11)7-16-13(18)9-3-2-4-10(17(21)22)12(9)14(16)19/h2-6H,7H2,1H3. The van der Waals surface area contributed by atoms with Gasteiger partial charge in [-0.15, -0.1) is 0 Å². The number of hydrogen-bond donors (Lipinski definition) is 0. The Hall–Kier alpha value is -3.49. The Morgan fingerprint density at radius 2 is 2.00 bits per heavy atom. The molecule has 0 spiro atoms. The van der Waals surface area contributed by atoms with Gasteiger partial charge in [0.15, 0.2) is 0 Å². The van der Waals surface area contributed by atoms with Crippen LogP contribution < -0.4 is 0 Å². The second-order valence-corrected chi connectivity index (χ2v) is 4.91. The van der Waals surface area contributed by atoms with Crippen molar-refractivity contribution in [2.24, 2.45) is 0 Å². The predicted molar refractivity (Wildman–Crippen MR) is 77.3 cm³/mol. The van der Waals surface area contributed by atoms with Gasteiger partial charge in [-0.2, -0.15) is 0 Å². The molecule has 0 radical (unpaired) electrons. The smallest absolute Gasteiger partial charge is 0.373 e. The lowest BCUT2D eigenvalue weighted by molar-refractivity contribution is -0.385. The van der Waals surface area contributed by atoms with Gasteiger partial charge in [-0.3, -0.25) is 24.6 Å². The molecule has 122 valence electrons. The number of benzene rings is 1. The molecule has 0 fully saturated rings. The molecule has 0 saturated carbocycles. The summed E-state index contributed by atoms with van der Waals surface area (Å²) in [4.78, 5) is 47.2. The molecule has 2 heterocycles. The number of methoxy groups -OCH3 is 1. The quantitative estimate of drug-likeness (QED) is 0.362. The Balaban J connectivity index is 1.91. The number of nitro groups is 1. The molecule has 1 aromatic heterocycles. The first-order valence-electron chi connectivity index (χ1n) is 6.74. The lowest BCUT2D eigenvalue weighted by Gasteiger charge is -2.11. The summed E-state index contributed by atoms with van der Waals surface area (Å²) in [5, 5.41) is 11.0. The highest BCUT2D eigenvalue weighted by molar-refractivity contribution is 6.23. The fraction of sp³-hybridized carbons (Fsp3) is 0.133. The molecule has 3 rings (SSSR count). The zero-order valence-electron chi connectivity index (χ0n) is 12.3. The highest BCUT2D eigenvalue weighted by Crippen LogP contribution is 2.31. The number of fused-ring (bicyclic) bond motifs is 1. The first-order chi connectivity index (χ1) is 11.4. The number of ether oxygens (including phenoxy) is 1. The topological polar surface area (TPSA) is 120 Å². The number of rotatable bonds is 4. The van der Waals surface area contributed by atoms with E-state index in [1.54, 1.807) is 0 Å². The van der Waals surface area contributed by atoms with Crippen molar-refractivity contribution in [1.82, 2.24) is 4.90 Å². The number of amides is 2. The summed E-state index contributed by atoms with van der Waals surface area (Å²) in [6.45, 7) is -0.250. The van der Waals surface area contributed by atoms with E-state index in [9.17, 15) is 24.5 Å². The van der Waals surface area contributed by atoms with Crippen LogP contribution in [0.3, 0.4) is 0 Å². The van der Waals surface area contributed by atoms with E-state index in [4.69, 9.17) is 4.42 Å². The van der Waals surface area contributed by atoms with Gasteiger partial charge in [0.05, 0.1) is 24.1 Å². The molecule has 1 aliphatic rings. The van der Waals surface area contributed by atoms with Crippen LogP contribution in [0.5, 0.6) is 0 Å². The van der Waals surface area contributed by atoms with E-state index in [1.807, 2.05) is 0 Å². The molecule has 9 heteroatoms. The van der Waals surface area contributed by atoms with E-state index >= 15 is 0 Å². The highest BCUT2D eigenvalue weighted by atomic mass is 16.6. The fourth-order valence-electron chi connectivity index (χ4n) is 2.44. The molecule has 0 bridgehead atoms. The van der Waals surface area contributed by atoms with E-state index < -0.39 is 28.4 Å². The van der Waals surface area contributed by atoms with Crippen molar-refractivity contribution in [1.29, 1.82) is 0 Å². The minimum absolute atomic E-state index is 0.0334. The van der Waals surface area contributed by atoms with Crippen LogP contribution in [0.1, 0.15) is 37.0 Å². The van der Waals surface area contributed by atoms with Gasteiger partial charge in [0.25, 0.3) is 17.5 Å². The molecule has 0 saturated heterocycles. The Morgan fingerprint density at radius 1 is 1.25 bits per heavy atom. The molecular weight excluding hydrogens is 320 g/mol. The minimum Gasteiger partial charge on any atom is -0.463 e. The molecule has 0 unspecified atom stereocenters. The fourth-order valence-corrected chi connectivity index (χ4v) is 2.44. The molecule has 0 atom stereocenters. The Bertz CT molecular complexity index is 884. The van der Waals surface area contributed by atoms with E-state index in [2.05, 4.69) is 4.74 Å². The largest absolute Gasteiger partial charge is 0.463 e. The molecule has 2 amide bonds. The molecule has 9 nitrogen and oxygen atoms in total. The van der Waals surface area contributed by atoms with Crippen molar-refractivity contribution < 1.29 is 28.5 Å². The van der Waals surface area contributed by atoms with Crippen LogP contribution in [-0.2, 0) is 11.3 Å². The van der Waals surface area contributed by atoms with Crippen molar-refractivity contribution in [2.75, 3.05) is 7.11 Å². The maximum Gasteiger partial charge on any atom is 0.373 e. The zero-order valence-corrected chi connectivity index (χ0v) is 12.3. The number of hydrogen-bond acceptors (Lipinski definition) is 7. The summed E-state index contributed by atoms with van der Waals surface area (Å²) >= 11 is 0. The minimum atomic E-state index is -0.779. The van der Waals surface area contributed by atoms with Gasteiger partial charge >= 0.3 is 5.97 Å².